The smallest absolute Gasteiger partial charge is 0.243 e. The molecule has 1 aromatic heterocycles. The Morgan fingerprint density at radius 2 is 1.69 bits per heavy atom. The van der Waals surface area contributed by atoms with E-state index in [0.717, 1.165) is 17.4 Å². The quantitative estimate of drug-likeness (QED) is 0.624. The van der Waals surface area contributed by atoms with Gasteiger partial charge in [0.15, 0.2) is 0 Å². The van der Waals surface area contributed by atoms with Gasteiger partial charge in [0.05, 0.1) is 17.0 Å². The van der Waals surface area contributed by atoms with Gasteiger partial charge in [0, 0.05) is 44.3 Å². The Balaban J connectivity index is 1.42. The molecule has 6 nitrogen and oxygen atoms in total. The van der Waals surface area contributed by atoms with E-state index < -0.39 is 10.0 Å². The highest BCUT2D eigenvalue weighted by molar-refractivity contribution is 7.89. The molecule has 152 valence electrons. The Labute approximate surface area is 171 Å². The van der Waals surface area contributed by atoms with Crippen LogP contribution in [-0.2, 0) is 16.6 Å². The van der Waals surface area contributed by atoms with Gasteiger partial charge in [-0.3, -0.25) is 9.88 Å². The summed E-state index contributed by atoms with van der Waals surface area (Å²) in [6.07, 6.45) is 1.81. The topological polar surface area (TPSA) is 62.7 Å². The summed E-state index contributed by atoms with van der Waals surface area (Å²) in [5.41, 5.74) is 2.19. The maximum absolute atomic E-state index is 13.0. The van der Waals surface area contributed by atoms with E-state index in [9.17, 15) is 8.42 Å². The predicted molar refractivity (Wildman–Crippen MR) is 113 cm³/mol. The van der Waals surface area contributed by atoms with E-state index in [1.807, 2.05) is 25.3 Å². The van der Waals surface area contributed by atoms with Crippen molar-refractivity contribution in [3.63, 3.8) is 0 Å². The summed E-state index contributed by atoms with van der Waals surface area (Å²) < 4.78 is 32.9. The molecule has 1 aliphatic heterocycles. The van der Waals surface area contributed by atoms with E-state index in [-0.39, 0.29) is 0 Å². The van der Waals surface area contributed by atoms with Gasteiger partial charge in [-0.25, -0.2) is 8.42 Å². The summed E-state index contributed by atoms with van der Waals surface area (Å²) in [5.74, 6) is 0.681. The standard InChI is InChI=1S/C22H25N3O3S/c1-2-28-20-8-10-21(11-9-20)29(26,27)25-15-13-24(14-16-25)17-19-6-3-5-18-7-4-12-23-22(18)19/h3-12H,2,13-17H2,1H3. The lowest BCUT2D eigenvalue weighted by Gasteiger charge is -2.34. The van der Waals surface area contributed by atoms with E-state index in [4.69, 9.17) is 4.74 Å². The van der Waals surface area contributed by atoms with Gasteiger partial charge in [-0.1, -0.05) is 24.3 Å². The maximum Gasteiger partial charge on any atom is 0.243 e. The van der Waals surface area contributed by atoms with Crippen LogP contribution in [-0.4, -0.2) is 55.4 Å². The molecule has 0 spiro atoms. The van der Waals surface area contributed by atoms with Crippen LogP contribution in [0, 0.1) is 0 Å². The van der Waals surface area contributed by atoms with E-state index in [2.05, 4.69) is 28.1 Å². The Hall–Kier alpha value is -2.48. The third-order valence-corrected chi connectivity index (χ3v) is 7.13. The highest BCUT2D eigenvalue weighted by atomic mass is 32.2. The predicted octanol–water partition coefficient (Wildman–Crippen LogP) is 3.14. The zero-order valence-electron chi connectivity index (χ0n) is 16.5. The molecule has 0 unspecified atom stereocenters. The monoisotopic (exact) mass is 411 g/mol. The summed E-state index contributed by atoms with van der Waals surface area (Å²) in [4.78, 5) is 7.12. The Kier molecular flexibility index (Phi) is 5.80. The van der Waals surface area contributed by atoms with Crippen LogP contribution in [0.2, 0.25) is 0 Å². The number of pyridine rings is 1. The molecule has 7 heteroatoms. The van der Waals surface area contributed by atoms with Crippen molar-refractivity contribution >= 4 is 20.9 Å². The number of para-hydroxylation sites is 1. The third kappa shape index (κ3) is 4.27. The van der Waals surface area contributed by atoms with E-state index in [1.165, 1.54) is 5.56 Å². The van der Waals surface area contributed by atoms with Crippen molar-refractivity contribution in [2.45, 2.75) is 18.4 Å². The van der Waals surface area contributed by atoms with Gasteiger partial charge in [-0.2, -0.15) is 4.31 Å². The first-order valence-electron chi connectivity index (χ1n) is 9.86. The zero-order valence-corrected chi connectivity index (χ0v) is 17.3. The zero-order chi connectivity index (χ0) is 20.3. The van der Waals surface area contributed by atoms with Crippen molar-refractivity contribution in [1.29, 1.82) is 0 Å². The molecule has 29 heavy (non-hydrogen) atoms. The van der Waals surface area contributed by atoms with Crippen molar-refractivity contribution < 1.29 is 13.2 Å². The molecule has 0 aliphatic carbocycles. The van der Waals surface area contributed by atoms with Crippen LogP contribution < -0.4 is 4.74 Å². The molecule has 1 aliphatic rings. The molecule has 3 aromatic rings. The molecule has 1 saturated heterocycles. The molecule has 0 atom stereocenters. The second-order valence-electron chi connectivity index (χ2n) is 7.08. The number of piperazine rings is 1. The Bertz CT molecular complexity index is 1070. The van der Waals surface area contributed by atoms with Crippen molar-refractivity contribution in [3.8, 4) is 5.75 Å². The SMILES string of the molecule is CCOc1ccc(S(=O)(=O)N2CCN(Cc3cccc4cccnc34)CC2)cc1. The molecule has 4 rings (SSSR count). The van der Waals surface area contributed by atoms with Crippen molar-refractivity contribution in [2.75, 3.05) is 32.8 Å². The van der Waals surface area contributed by atoms with Crippen molar-refractivity contribution in [3.05, 3.63) is 66.4 Å². The summed E-state index contributed by atoms with van der Waals surface area (Å²) in [5, 5.41) is 1.13. The normalized spacial score (nSPS) is 16.2. The number of fused-ring (bicyclic) bond motifs is 1. The second kappa shape index (κ2) is 8.49. The number of ether oxygens (including phenoxy) is 1. The van der Waals surface area contributed by atoms with Gasteiger partial charge in [-0.15, -0.1) is 0 Å². The average Bonchev–Trinajstić information content (AvgIpc) is 2.75. The molecule has 0 N–H and O–H groups in total. The molecule has 0 saturated carbocycles. The van der Waals surface area contributed by atoms with Crippen molar-refractivity contribution in [2.24, 2.45) is 0 Å². The highest BCUT2D eigenvalue weighted by Crippen LogP contribution is 2.22. The number of hydrogen-bond donors (Lipinski definition) is 0. The van der Waals surface area contributed by atoms with Gasteiger partial charge in [-0.05, 0) is 42.8 Å². The van der Waals surface area contributed by atoms with Crippen LogP contribution in [0.5, 0.6) is 5.75 Å². The number of rotatable bonds is 6. The molecule has 0 amide bonds. The van der Waals surface area contributed by atoms with Gasteiger partial charge in [0.25, 0.3) is 0 Å². The molecule has 1 fully saturated rings. The molecule has 0 bridgehead atoms. The third-order valence-electron chi connectivity index (χ3n) is 5.21. The van der Waals surface area contributed by atoms with Gasteiger partial charge < -0.3 is 4.74 Å². The number of sulfonamides is 1. The average molecular weight is 412 g/mol. The van der Waals surface area contributed by atoms with Crippen LogP contribution in [0.15, 0.2) is 65.7 Å². The molecule has 0 radical (unpaired) electrons. The van der Waals surface area contributed by atoms with Gasteiger partial charge >= 0.3 is 0 Å². The van der Waals surface area contributed by atoms with Crippen molar-refractivity contribution in [1.82, 2.24) is 14.2 Å². The van der Waals surface area contributed by atoms with Crippen LogP contribution in [0.1, 0.15) is 12.5 Å². The molecule has 2 heterocycles. The number of aromatic nitrogens is 1. The highest BCUT2D eigenvalue weighted by Gasteiger charge is 2.28. The van der Waals surface area contributed by atoms with E-state index in [1.54, 1.807) is 28.6 Å². The fraction of sp³-hybridized carbons (Fsp3) is 0.318. The first kappa shape index (κ1) is 19.8. The van der Waals surface area contributed by atoms with E-state index >= 15 is 0 Å². The number of benzene rings is 2. The fourth-order valence-electron chi connectivity index (χ4n) is 3.69. The maximum atomic E-state index is 13.0. The first-order valence-corrected chi connectivity index (χ1v) is 11.3. The van der Waals surface area contributed by atoms with Crippen LogP contribution in [0.25, 0.3) is 10.9 Å². The van der Waals surface area contributed by atoms with E-state index in [0.29, 0.717) is 43.4 Å². The molecular formula is C22H25N3O3S. The summed E-state index contributed by atoms with van der Waals surface area (Å²) >= 11 is 0. The lowest BCUT2D eigenvalue weighted by molar-refractivity contribution is 0.182. The van der Waals surface area contributed by atoms with Gasteiger partial charge in [0.2, 0.25) is 10.0 Å². The van der Waals surface area contributed by atoms with Crippen LogP contribution in [0.4, 0.5) is 0 Å². The minimum atomic E-state index is -3.49. The largest absolute Gasteiger partial charge is 0.494 e. The minimum absolute atomic E-state index is 0.313. The molecular weight excluding hydrogens is 386 g/mol. The number of nitrogens with zero attached hydrogens (tertiary/aromatic N) is 3. The summed E-state index contributed by atoms with van der Waals surface area (Å²) in [6, 6.07) is 16.9. The lowest BCUT2D eigenvalue weighted by atomic mass is 10.1. The first-order chi connectivity index (χ1) is 14.1. The summed E-state index contributed by atoms with van der Waals surface area (Å²) in [7, 11) is -3.49. The van der Waals surface area contributed by atoms with Crippen LogP contribution in [0.3, 0.4) is 0 Å². The summed E-state index contributed by atoms with van der Waals surface area (Å²) in [6.45, 7) is 5.57. The fourth-order valence-corrected chi connectivity index (χ4v) is 5.11. The lowest BCUT2D eigenvalue weighted by Crippen LogP contribution is -2.48. The van der Waals surface area contributed by atoms with Crippen LogP contribution >= 0.6 is 0 Å². The molecule has 2 aromatic carbocycles. The number of hydrogen-bond acceptors (Lipinski definition) is 5. The Morgan fingerprint density at radius 3 is 2.41 bits per heavy atom. The Morgan fingerprint density at radius 1 is 0.966 bits per heavy atom. The second-order valence-corrected chi connectivity index (χ2v) is 9.01. The minimum Gasteiger partial charge on any atom is -0.494 e. The van der Waals surface area contributed by atoms with Gasteiger partial charge in [0.1, 0.15) is 5.75 Å².